The summed E-state index contributed by atoms with van der Waals surface area (Å²) in [6.45, 7) is 2.93. The van der Waals surface area contributed by atoms with Gasteiger partial charge in [0.25, 0.3) is 0 Å². The molecule has 0 fully saturated rings. The molecule has 0 aliphatic heterocycles. The lowest BCUT2D eigenvalue weighted by atomic mass is 10.0. The SMILES string of the molecule is CCC(NCc1cc2ccccc2cc1N)c1nccs1. The number of rotatable bonds is 5. The molecule has 3 rings (SSSR count). The van der Waals surface area contributed by atoms with Gasteiger partial charge in [-0.3, -0.25) is 0 Å². The van der Waals surface area contributed by atoms with Gasteiger partial charge in [0.05, 0.1) is 6.04 Å². The van der Waals surface area contributed by atoms with E-state index in [1.165, 1.54) is 10.8 Å². The van der Waals surface area contributed by atoms with E-state index in [1.807, 2.05) is 17.6 Å². The van der Waals surface area contributed by atoms with Crippen molar-refractivity contribution in [2.75, 3.05) is 5.73 Å². The molecule has 1 heterocycles. The molecule has 2 aromatic carbocycles. The average Bonchev–Trinajstić information content (AvgIpc) is 3.02. The molecule has 21 heavy (non-hydrogen) atoms. The molecular weight excluding hydrogens is 278 g/mol. The van der Waals surface area contributed by atoms with Crippen molar-refractivity contribution in [3.63, 3.8) is 0 Å². The van der Waals surface area contributed by atoms with E-state index in [4.69, 9.17) is 5.73 Å². The summed E-state index contributed by atoms with van der Waals surface area (Å²) in [5.74, 6) is 0. The summed E-state index contributed by atoms with van der Waals surface area (Å²) >= 11 is 1.69. The Morgan fingerprint density at radius 2 is 2.00 bits per heavy atom. The Morgan fingerprint density at radius 1 is 1.24 bits per heavy atom. The van der Waals surface area contributed by atoms with Crippen molar-refractivity contribution in [3.8, 4) is 0 Å². The van der Waals surface area contributed by atoms with Crippen LogP contribution in [0, 0.1) is 0 Å². The van der Waals surface area contributed by atoms with Gasteiger partial charge >= 0.3 is 0 Å². The maximum Gasteiger partial charge on any atom is 0.109 e. The first-order chi connectivity index (χ1) is 10.3. The smallest absolute Gasteiger partial charge is 0.109 e. The van der Waals surface area contributed by atoms with E-state index in [1.54, 1.807) is 11.3 Å². The molecule has 1 atom stereocenters. The topological polar surface area (TPSA) is 50.9 Å². The second-order valence-electron chi connectivity index (χ2n) is 5.11. The summed E-state index contributed by atoms with van der Waals surface area (Å²) in [6, 6.07) is 12.8. The minimum atomic E-state index is 0.288. The summed E-state index contributed by atoms with van der Waals surface area (Å²) in [4.78, 5) is 4.40. The lowest BCUT2D eigenvalue weighted by Gasteiger charge is -2.16. The zero-order valence-electron chi connectivity index (χ0n) is 12.0. The van der Waals surface area contributed by atoms with Gasteiger partial charge in [-0.2, -0.15) is 0 Å². The van der Waals surface area contributed by atoms with Gasteiger partial charge in [0.15, 0.2) is 0 Å². The fraction of sp³-hybridized carbons (Fsp3) is 0.235. The molecule has 0 bridgehead atoms. The highest BCUT2D eigenvalue weighted by molar-refractivity contribution is 7.09. The molecule has 0 saturated carbocycles. The van der Waals surface area contributed by atoms with Gasteiger partial charge in [-0.15, -0.1) is 11.3 Å². The Labute approximate surface area is 128 Å². The Kier molecular flexibility index (Phi) is 4.18. The molecule has 0 spiro atoms. The quantitative estimate of drug-likeness (QED) is 0.696. The third kappa shape index (κ3) is 3.06. The fourth-order valence-corrected chi connectivity index (χ4v) is 3.30. The van der Waals surface area contributed by atoms with Crippen LogP contribution in [0.25, 0.3) is 10.8 Å². The Bertz CT molecular complexity index is 722. The third-order valence-electron chi connectivity index (χ3n) is 3.70. The largest absolute Gasteiger partial charge is 0.398 e. The van der Waals surface area contributed by atoms with Crippen LogP contribution < -0.4 is 11.1 Å². The molecule has 3 nitrogen and oxygen atoms in total. The van der Waals surface area contributed by atoms with Gasteiger partial charge in [-0.1, -0.05) is 31.2 Å². The normalized spacial score (nSPS) is 12.6. The summed E-state index contributed by atoms with van der Waals surface area (Å²) in [6.07, 6.45) is 2.87. The van der Waals surface area contributed by atoms with Crippen LogP contribution in [0.1, 0.15) is 30.0 Å². The lowest BCUT2D eigenvalue weighted by Crippen LogP contribution is -2.20. The van der Waals surface area contributed by atoms with Gasteiger partial charge in [-0.05, 0) is 34.9 Å². The number of nitrogens with two attached hydrogens (primary N) is 1. The number of hydrogen-bond acceptors (Lipinski definition) is 4. The van der Waals surface area contributed by atoms with E-state index in [0.29, 0.717) is 0 Å². The first-order valence-electron chi connectivity index (χ1n) is 7.18. The first kappa shape index (κ1) is 14.0. The zero-order chi connectivity index (χ0) is 14.7. The van der Waals surface area contributed by atoms with Gasteiger partial charge < -0.3 is 11.1 Å². The summed E-state index contributed by atoms with van der Waals surface area (Å²) in [5, 5.41) is 9.13. The number of nitrogens with one attached hydrogen (secondary N) is 1. The molecule has 1 unspecified atom stereocenters. The van der Waals surface area contributed by atoms with Gasteiger partial charge in [-0.25, -0.2) is 4.98 Å². The highest BCUT2D eigenvalue weighted by atomic mass is 32.1. The van der Waals surface area contributed by atoms with E-state index >= 15 is 0 Å². The molecule has 0 amide bonds. The van der Waals surface area contributed by atoms with Crippen molar-refractivity contribution in [2.24, 2.45) is 0 Å². The molecule has 0 aliphatic rings. The van der Waals surface area contributed by atoms with Gasteiger partial charge in [0.1, 0.15) is 5.01 Å². The molecule has 3 N–H and O–H groups in total. The predicted molar refractivity (Wildman–Crippen MR) is 90.3 cm³/mol. The fourth-order valence-electron chi connectivity index (χ4n) is 2.50. The Balaban J connectivity index is 1.79. The van der Waals surface area contributed by atoms with Crippen molar-refractivity contribution >= 4 is 27.8 Å². The van der Waals surface area contributed by atoms with E-state index in [2.05, 4.69) is 47.6 Å². The summed E-state index contributed by atoms with van der Waals surface area (Å²) < 4.78 is 0. The maximum atomic E-state index is 6.18. The molecule has 108 valence electrons. The second-order valence-corrected chi connectivity index (χ2v) is 6.04. The molecule has 0 aliphatic carbocycles. The van der Waals surface area contributed by atoms with Crippen LogP contribution in [-0.4, -0.2) is 4.98 Å². The lowest BCUT2D eigenvalue weighted by molar-refractivity contribution is 0.517. The van der Waals surface area contributed by atoms with Crippen molar-refractivity contribution < 1.29 is 0 Å². The van der Waals surface area contributed by atoms with Gasteiger partial charge in [0, 0.05) is 23.8 Å². The number of hydrogen-bond donors (Lipinski definition) is 2. The number of benzene rings is 2. The van der Waals surface area contributed by atoms with E-state index in [0.717, 1.165) is 29.2 Å². The minimum absolute atomic E-state index is 0.288. The second kappa shape index (κ2) is 6.24. The standard InChI is InChI=1S/C17H19N3S/c1-2-16(17-19-7-8-21-17)20-11-14-9-12-5-3-4-6-13(12)10-15(14)18/h3-10,16,20H,2,11,18H2,1H3. The molecule has 0 saturated heterocycles. The van der Waals surface area contributed by atoms with Gasteiger partial charge in [0.2, 0.25) is 0 Å². The van der Waals surface area contributed by atoms with Crippen molar-refractivity contribution in [3.05, 3.63) is 58.5 Å². The monoisotopic (exact) mass is 297 g/mol. The summed E-state index contributed by atoms with van der Waals surface area (Å²) in [7, 11) is 0. The number of aromatic nitrogens is 1. The first-order valence-corrected chi connectivity index (χ1v) is 8.06. The number of fused-ring (bicyclic) bond motifs is 1. The van der Waals surface area contributed by atoms with Crippen LogP contribution in [0.5, 0.6) is 0 Å². The van der Waals surface area contributed by atoms with Crippen LogP contribution >= 0.6 is 11.3 Å². The van der Waals surface area contributed by atoms with Crippen LogP contribution in [0.4, 0.5) is 5.69 Å². The highest BCUT2D eigenvalue weighted by Gasteiger charge is 2.12. The summed E-state index contributed by atoms with van der Waals surface area (Å²) in [5.41, 5.74) is 8.17. The van der Waals surface area contributed by atoms with E-state index < -0.39 is 0 Å². The molecule has 0 radical (unpaired) electrons. The molecular formula is C17H19N3S. The number of nitrogens with zero attached hydrogens (tertiary/aromatic N) is 1. The minimum Gasteiger partial charge on any atom is -0.398 e. The van der Waals surface area contributed by atoms with Crippen LogP contribution in [0.3, 0.4) is 0 Å². The van der Waals surface area contributed by atoms with Crippen molar-refractivity contribution in [2.45, 2.75) is 25.9 Å². The van der Waals surface area contributed by atoms with Crippen molar-refractivity contribution in [1.29, 1.82) is 0 Å². The molecule has 1 aromatic heterocycles. The zero-order valence-corrected chi connectivity index (χ0v) is 12.9. The maximum absolute atomic E-state index is 6.18. The van der Waals surface area contributed by atoms with E-state index in [-0.39, 0.29) is 6.04 Å². The van der Waals surface area contributed by atoms with Crippen molar-refractivity contribution in [1.82, 2.24) is 10.3 Å². The highest BCUT2D eigenvalue weighted by Crippen LogP contribution is 2.24. The van der Waals surface area contributed by atoms with Crippen LogP contribution in [0.15, 0.2) is 48.0 Å². The number of nitrogen functional groups attached to an aromatic ring is 1. The van der Waals surface area contributed by atoms with Crippen LogP contribution in [0.2, 0.25) is 0 Å². The Morgan fingerprint density at radius 3 is 2.67 bits per heavy atom. The number of thiazole rings is 1. The third-order valence-corrected chi connectivity index (χ3v) is 4.59. The Hall–Kier alpha value is -1.91. The predicted octanol–water partition coefficient (Wildman–Crippen LogP) is 4.12. The molecule has 3 aromatic rings. The van der Waals surface area contributed by atoms with Crippen LogP contribution in [-0.2, 0) is 6.54 Å². The average molecular weight is 297 g/mol. The van der Waals surface area contributed by atoms with E-state index in [9.17, 15) is 0 Å². The number of anilines is 1. The molecule has 4 heteroatoms.